The lowest BCUT2D eigenvalue weighted by molar-refractivity contribution is -0.119. The zero-order valence-corrected chi connectivity index (χ0v) is 20.4. The molecule has 6 heteroatoms. The lowest BCUT2D eigenvalue weighted by atomic mass is 10.1. The molecule has 0 aliphatic carbocycles. The maximum absolute atomic E-state index is 13.4. The van der Waals surface area contributed by atoms with Crippen molar-refractivity contribution >= 4 is 24.2 Å². The molecule has 3 rings (SSSR count). The Hall–Kier alpha value is -2.86. The Morgan fingerprint density at radius 3 is 2.33 bits per heavy atom. The molecule has 0 bridgehead atoms. The van der Waals surface area contributed by atoms with Crippen molar-refractivity contribution in [3.63, 3.8) is 0 Å². The van der Waals surface area contributed by atoms with E-state index in [1.165, 1.54) is 29.9 Å². The molecular formula is C27H33N3O2S. The van der Waals surface area contributed by atoms with Crippen LogP contribution in [0, 0.1) is 0 Å². The minimum atomic E-state index is -0.206. The molecule has 0 unspecified atom stereocenters. The number of rotatable bonds is 11. The van der Waals surface area contributed by atoms with E-state index in [1.807, 2.05) is 61.5 Å². The van der Waals surface area contributed by atoms with E-state index < -0.39 is 0 Å². The van der Waals surface area contributed by atoms with Gasteiger partial charge in [-0.15, -0.1) is 12.6 Å². The maximum atomic E-state index is 13.4. The van der Waals surface area contributed by atoms with Crippen LogP contribution in [0.15, 0.2) is 70.4 Å². The smallest absolute Gasteiger partial charge is 0.254 e. The minimum absolute atomic E-state index is 0.0261. The fraction of sp³-hybridized carbons (Fsp3) is 0.370. The first-order chi connectivity index (χ1) is 16.0. The number of thiol groups is 1. The standard InChI is InChI=1S/C27H33N3O2S/c1-3-5-6-7-11-18-29(22-14-16-23(33)17-15-22)27(32)20-30-25(4-2)28-24(19-26(30)31)21-12-9-8-10-13-21/h8-10,12-17,19,33H,3-7,11,18,20H2,1-2H3. The predicted molar refractivity (Wildman–Crippen MR) is 138 cm³/mol. The molecule has 0 aliphatic heterocycles. The van der Waals surface area contributed by atoms with Crippen molar-refractivity contribution < 1.29 is 4.79 Å². The summed E-state index contributed by atoms with van der Waals surface area (Å²) in [5.41, 5.74) is 2.15. The van der Waals surface area contributed by atoms with Crippen molar-refractivity contribution in [3.8, 4) is 11.3 Å². The third-order valence-corrected chi connectivity index (χ3v) is 6.01. The van der Waals surface area contributed by atoms with E-state index in [0.29, 0.717) is 24.5 Å². The van der Waals surface area contributed by atoms with Gasteiger partial charge in [0.15, 0.2) is 0 Å². The van der Waals surface area contributed by atoms with Crippen LogP contribution in [0.3, 0.4) is 0 Å². The Balaban J connectivity index is 1.84. The van der Waals surface area contributed by atoms with Gasteiger partial charge in [0.25, 0.3) is 5.56 Å². The summed E-state index contributed by atoms with van der Waals surface area (Å²) >= 11 is 4.36. The van der Waals surface area contributed by atoms with Gasteiger partial charge in [0.05, 0.1) is 5.69 Å². The van der Waals surface area contributed by atoms with Crippen LogP contribution in [0.4, 0.5) is 5.69 Å². The van der Waals surface area contributed by atoms with Crippen molar-refractivity contribution in [1.82, 2.24) is 9.55 Å². The van der Waals surface area contributed by atoms with Gasteiger partial charge in [-0.2, -0.15) is 0 Å². The first-order valence-corrected chi connectivity index (χ1v) is 12.2. The van der Waals surface area contributed by atoms with Gasteiger partial charge in [-0.1, -0.05) is 69.9 Å². The molecule has 2 aromatic carbocycles. The van der Waals surface area contributed by atoms with Crippen LogP contribution in [0.5, 0.6) is 0 Å². The van der Waals surface area contributed by atoms with Crippen LogP contribution >= 0.6 is 12.6 Å². The highest BCUT2D eigenvalue weighted by molar-refractivity contribution is 7.80. The van der Waals surface area contributed by atoms with E-state index in [-0.39, 0.29) is 18.0 Å². The van der Waals surface area contributed by atoms with Gasteiger partial charge in [-0.3, -0.25) is 14.2 Å². The second kappa shape index (κ2) is 12.4. The number of anilines is 1. The van der Waals surface area contributed by atoms with Gasteiger partial charge >= 0.3 is 0 Å². The predicted octanol–water partition coefficient (Wildman–Crippen LogP) is 5.77. The molecule has 1 heterocycles. The first kappa shape index (κ1) is 24.8. The Morgan fingerprint density at radius 1 is 0.970 bits per heavy atom. The molecule has 1 amide bonds. The van der Waals surface area contributed by atoms with E-state index >= 15 is 0 Å². The van der Waals surface area contributed by atoms with E-state index in [0.717, 1.165) is 29.0 Å². The Morgan fingerprint density at radius 2 is 1.67 bits per heavy atom. The monoisotopic (exact) mass is 463 g/mol. The zero-order valence-electron chi connectivity index (χ0n) is 19.5. The number of hydrogen-bond donors (Lipinski definition) is 1. The lowest BCUT2D eigenvalue weighted by Gasteiger charge is -2.24. The molecule has 5 nitrogen and oxygen atoms in total. The maximum Gasteiger partial charge on any atom is 0.254 e. The zero-order chi connectivity index (χ0) is 23.6. The van der Waals surface area contributed by atoms with Crippen LogP contribution in [0.25, 0.3) is 11.3 Å². The molecule has 3 aromatic rings. The lowest BCUT2D eigenvalue weighted by Crippen LogP contribution is -2.38. The number of benzene rings is 2. The van der Waals surface area contributed by atoms with E-state index in [2.05, 4.69) is 19.6 Å². The van der Waals surface area contributed by atoms with E-state index in [4.69, 9.17) is 4.98 Å². The molecule has 0 spiro atoms. The van der Waals surface area contributed by atoms with Crippen molar-refractivity contribution in [2.45, 2.75) is 63.8 Å². The number of aryl methyl sites for hydroxylation is 1. The SMILES string of the molecule is CCCCCCCN(C(=O)Cn1c(CC)nc(-c2ccccc2)cc1=O)c1ccc(S)cc1. The normalized spacial score (nSPS) is 10.9. The summed E-state index contributed by atoms with van der Waals surface area (Å²) in [6.45, 7) is 4.74. The highest BCUT2D eigenvalue weighted by Crippen LogP contribution is 2.20. The summed E-state index contributed by atoms with van der Waals surface area (Å²) in [6.07, 6.45) is 6.12. The number of hydrogen-bond acceptors (Lipinski definition) is 4. The summed E-state index contributed by atoms with van der Waals surface area (Å²) in [7, 11) is 0. The third kappa shape index (κ3) is 6.81. The molecule has 0 fully saturated rings. The molecule has 0 atom stereocenters. The topological polar surface area (TPSA) is 55.2 Å². The molecule has 174 valence electrons. The average molecular weight is 464 g/mol. The van der Waals surface area contributed by atoms with Crippen LogP contribution < -0.4 is 10.5 Å². The van der Waals surface area contributed by atoms with Crippen molar-refractivity contribution in [2.75, 3.05) is 11.4 Å². The van der Waals surface area contributed by atoms with E-state index in [1.54, 1.807) is 4.90 Å². The van der Waals surface area contributed by atoms with Gasteiger partial charge in [0.1, 0.15) is 12.4 Å². The molecule has 33 heavy (non-hydrogen) atoms. The number of carbonyl (C=O) groups excluding carboxylic acids is 1. The Labute approximate surface area is 201 Å². The minimum Gasteiger partial charge on any atom is -0.311 e. The van der Waals surface area contributed by atoms with Gasteiger partial charge in [-0.05, 0) is 30.7 Å². The number of aromatic nitrogens is 2. The van der Waals surface area contributed by atoms with Gasteiger partial charge in [-0.25, -0.2) is 4.98 Å². The first-order valence-electron chi connectivity index (χ1n) is 11.8. The van der Waals surface area contributed by atoms with Crippen molar-refractivity contribution in [2.24, 2.45) is 0 Å². The number of nitrogens with zero attached hydrogens (tertiary/aromatic N) is 3. The second-order valence-electron chi connectivity index (χ2n) is 8.18. The second-order valence-corrected chi connectivity index (χ2v) is 8.69. The summed E-state index contributed by atoms with van der Waals surface area (Å²) < 4.78 is 1.51. The van der Waals surface area contributed by atoms with Crippen molar-refractivity contribution in [3.05, 3.63) is 76.8 Å². The molecular weight excluding hydrogens is 430 g/mol. The molecule has 0 aliphatic rings. The molecule has 0 N–H and O–H groups in total. The Kier molecular flexibility index (Phi) is 9.31. The number of amides is 1. The quantitative estimate of drug-likeness (QED) is 0.290. The number of carbonyl (C=O) groups is 1. The Bertz CT molecular complexity index is 1090. The van der Waals surface area contributed by atoms with Gasteiger partial charge < -0.3 is 4.90 Å². The third-order valence-electron chi connectivity index (χ3n) is 5.71. The van der Waals surface area contributed by atoms with Crippen LogP contribution in [-0.4, -0.2) is 22.0 Å². The van der Waals surface area contributed by atoms with Crippen molar-refractivity contribution in [1.29, 1.82) is 0 Å². The average Bonchev–Trinajstić information content (AvgIpc) is 2.83. The highest BCUT2D eigenvalue weighted by Gasteiger charge is 2.19. The summed E-state index contributed by atoms with van der Waals surface area (Å²) in [5, 5.41) is 0. The molecule has 0 radical (unpaired) electrons. The fourth-order valence-corrected chi connectivity index (χ4v) is 4.02. The summed E-state index contributed by atoms with van der Waals surface area (Å²) in [5.74, 6) is 0.506. The fourth-order valence-electron chi connectivity index (χ4n) is 3.87. The molecule has 0 saturated heterocycles. The summed E-state index contributed by atoms with van der Waals surface area (Å²) in [4.78, 5) is 33.8. The largest absolute Gasteiger partial charge is 0.311 e. The number of unbranched alkanes of at least 4 members (excludes halogenated alkanes) is 4. The molecule has 1 aromatic heterocycles. The molecule has 0 saturated carbocycles. The van der Waals surface area contributed by atoms with Crippen LogP contribution in [0.1, 0.15) is 51.8 Å². The van der Waals surface area contributed by atoms with Crippen LogP contribution in [-0.2, 0) is 17.8 Å². The van der Waals surface area contributed by atoms with Gasteiger partial charge in [0, 0.05) is 35.2 Å². The summed E-state index contributed by atoms with van der Waals surface area (Å²) in [6, 6.07) is 18.8. The highest BCUT2D eigenvalue weighted by atomic mass is 32.1. The van der Waals surface area contributed by atoms with E-state index in [9.17, 15) is 9.59 Å². The van der Waals surface area contributed by atoms with Gasteiger partial charge in [0.2, 0.25) is 5.91 Å². The van der Waals surface area contributed by atoms with Crippen LogP contribution in [0.2, 0.25) is 0 Å².